The van der Waals surface area contributed by atoms with Crippen molar-refractivity contribution in [2.75, 3.05) is 26.2 Å². The molecule has 0 saturated carbocycles. The Balaban J connectivity index is 2.08. The maximum atomic E-state index is 3.42. The van der Waals surface area contributed by atoms with Crippen molar-refractivity contribution in [1.29, 1.82) is 0 Å². The molecule has 0 unspecified atom stereocenters. The van der Waals surface area contributed by atoms with E-state index in [2.05, 4.69) is 56.1 Å². The minimum atomic E-state index is 0.170. The largest absolute Gasteiger partial charge is 0.314 e. The summed E-state index contributed by atoms with van der Waals surface area (Å²) in [5.74, 6) is 0. The summed E-state index contributed by atoms with van der Waals surface area (Å²) < 4.78 is 0. The van der Waals surface area contributed by atoms with Crippen LogP contribution < -0.4 is 5.32 Å². The second-order valence-electron chi connectivity index (χ2n) is 5.53. The van der Waals surface area contributed by atoms with Crippen molar-refractivity contribution in [2.24, 2.45) is 0 Å². The highest BCUT2D eigenvalue weighted by molar-refractivity contribution is 8.00. The lowest BCUT2D eigenvalue weighted by molar-refractivity contribution is 0.172. The highest BCUT2D eigenvalue weighted by atomic mass is 32.2. The molecule has 100 valence electrons. The topological polar surface area (TPSA) is 15.3 Å². The number of piperazine rings is 1. The fourth-order valence-electron chi connectivity index (χ4n) is 2.33. The molecule has 1 fully saturated rings. The van der Waals surface area contributed by atoms with Gasteiger partial charge < -0.3 is 5.32 Å². The van der Waals surface area contributed by atoms with Crippen LogP contribution in [0.4, 0.5) is 0 Å². The zero-order valence-corrected chi connectivity index (χ0v) is 12.7. The molecule has 0 spiro atoms. The molecule has 2 nitrogen and oxygen atoms in total. The molecule has 0 bridgehead atoms. The second kappa shape index (κ2) is 5.64. The summed E-state index contributed by atoms with van der Waals surface area (Å²) in [5, 5.41) is 3.42. The lowest BCUT2D eigenvalue weighted by Crippen LogP contribution is -2.51. The lowest BCUT2D eigenvalue weighted by atomic mass is 10.1. The Hall–Kier alpha value is -0.510. The summed E-state index contributed by atoms with van der Waals surface area (Å²) in [5.41, 5.74) is 2.76. The number of thioether (sulfide) groups is 1. The highest BCUT2D eigenvalue weighted by Gasteiger charge is 2.28. The number of hydrogen-bond donors (Lipinski definition) is 1. The normalized spacial score (nSPS) is 18.0. The summed E-state index contributed by atoms with van der Waals surface area (Å²) in [6, 6.07) is 6.78. The summed E-state index contributed by atoms with van der Waals surface area (Å²) >= 11 is 1.97. The fraction of sp³-hybridized carbons (Fsp3) is 0.600. The zero-order valence-electron chi connectivity index (χ0n) is 11.9. The van der Waals surface area contributed by atoms with E-state index < -0.39 is 0 Å². The molecule has 0 atom stereocenters. The number of nitrogens with one attached hydrogen (secondary N) is 1. The van der Waals surface area contributed by atoms with Gasteiger partial charge in [-0.05, 0) is 51.0 Å². The molecule has 2 rings (SSSR count). The van der Waals surface area contributed by atoms with E-state index in [0.717, 1.165) is 26.2 Å². The van der Waals surface area contributed by atoms with Crippen LogP contribution in [0, 0.1) is 13.8 Å². The molecule has 1 N–H and O–H groups in total. The van der Waals surface area contributed by atoms with Crippen LogP contribution in [-0.2, 0) is 0 Å². The van der Waals surface area contributed by atoms with Crippen LogP contribution in [0.2, 0.25) is 0 Å². The predicted molar refractivity (Wildman–Crippen MR) is 80.3 cm³/mol. The van der Waals surface area contributed by atoms with Gasteiger partial charge in [0.25, 0.3) is 0 Å². The van der Waals surface area contributed by atoms with Gasteiger partial charge in [0.05, 0.1) is 4.87 Å². The molecular weight excluding hydrogens is 240 g/mol. The summed E-state index contributed by atoms with van der Waals surface area (Å²) in [7, 11) is 0. The van der Waals surface area contributed by atoms with Crippen LogP contribution >= 0.6 is 11.8 Å². The maximum absolute atomic E-state index is 3.42. The minimum absolute atomic E-state index is 0.170. The van der Waals surface area contributed by atoms with Gasteiger partial charge in [-0.2, -0.15) is 0 Å². The molecule has 0 aliphatic carbocycles. The molecule has 3 heteroatoms. The Bertz CT molecular complexity index is 409. The van der Waals surface area contributed by atoms with E-state index >= 15 is 0 Å². The van der Waals surface area contributed by atoms with Crippen LogP contribution in [0.15, 0.2) is 23.1 Å². The number of nitrogens with zero attached hydrogens (tertiary/aromatic N) is 1. The van der Waals surface area contributed by atoms with Gasteiger partial charge in [-0.1, -0.05) is 6.07 Å². The monoisotopic (exact) mass is 264 g/mol. The molecule has 1 aliphatic rings. The molecule has 1 aliphatic heterocycles. The lowest BCUT2D eigenvalue weighted by Gasteiger charge is -2.40. The van der Waals surface area contributed by atoms with E-state index in [1.807, 2.05) is 11.8 Å². The molecule has 0 aromatic heterocycles. The third-order valence-corrected chi connectivity index (χ3v) is 4.97. The Morgan fingerprint density at radius 2 is 1.78 bits per heavy atom. The first-order valence-electron chi connectivity index (χ1n) is 6.71. The van der Waals surface area contributed by atoms with Gasteiger partial charge in [0.15, 0.2) is 0 Å². The quantitative estimate of drug-likeness (QED) is 0.845. The fourth-order valence-corrected chi connectivity index (χ4v) is 3.59. The molecule has 1 saturated heterocycles. The van der Waals surface area contributed by atoms with Crippen molar-refractivity contribution in [3.63, 3.8) is 0 Å². The van der Waals surface area contributed by atoms with E-state index in [0.29, 0.717) is 0 Å². The van der Waals surface area contributed by atoms with Gasteiger partial charge in [-0.25, -0.2) is 0 Å². The Labute approximate surface area is 115 Å². The van der Waals surface area contributed by atoms with Gasteiger partial charge in [0.2, 0.25) is 0 Å². The zero-order chi connectivity index (χ0) is 13.2. The van der Waals surface area contributed by atoms with Crippen molar-refractivity contribution in [3.05, 3.63) is 29.3 Å². The van der Waals surface area contributed by atoms with Crippen LogP contribution in [0.5, 0.6) is 0 Å². The standard InChI is InChI=1S/C15H24N2S/c1-12-5-6-14(11-13(12)2)18-15(3,4)17-9-7-16-8-10-17/h5-6,11,16H,7-10H2,1-4H3. The smallest absolute Gasteiger partial charge is 0.0660 e. The van der Waals surface area contributed by atoms with Crippen molar-refractivity contribution < 1.29 is 0 Å². The van der Waals surface area contributed by atoms with Gasteiger partial charge in [0, 0.05) is 31.1 Å². The number of benzene rings is 1. The first-order valence-corrected chi connectivity index (χ1v) is 7.53. The number of hydrogen-bond acceptors (Lipinski definition) is 3. The van der Waals surface area contributed by atoms with E-state index in [-0.39, 0.29) is 4.87 Å². The van der Waals surface area contributed by atoms with Crippen molar-refractivity contribution in [2.45, 2.75) is 37.5 Å². The predicted octanol–water partition coefficient (Wildman–Crippen LogP) is 3.04. The first-order chi connectivity index (χ1) is 8.49. The molecule has 0 amide bonds. The van der Waals surface area contributed by atoms with E-state index in [1.165, 1.54) is 16.0 Å². The van der Waals surface area contributed by atoms with Gasteiger partial charge in [0.1, 0.15) is 0 Å². The van der Waals surface area contributed by atoms with Crippen molar-refractivity contribution in [1.82, 2.24) is 10.2 Å². The maximum Gasteiger partial charge on any atom is 0.0660 e. The van der Waals surface area contributed by atoms with Crippen molar-refractivity contribution in [3.8, 4) is 0 Å². The Morgan fingerprint density at radius 3 is 2.39 bits per heavy atom. The van der Waals surface area contributed by atoms with Crippen LogP contribution in [0.3, 0.4) is 0 Å². The highest BCUT2D eigenvalue weighted by Crippen LogP contribution is 2.36. The van der Waals surface area contributed by atoms with Gasteiger partial charge >= 0.3 is 0 Å². The average Bonchev–Trinajstić information content (AvgIpc) is 2.35. The molecule has 1 heterocycles. The molecule has 1 aromatic carbocycles. The molecule has 1 aromatic rings. The van der Waals surface area contributed by atoms with Crippen LogP contribution in [-0.4, -0.2) is 35.9 Å². The van der Waals surface area contributed by atoms with E-state index in [4.69, 9.17) is 0 Å². The molecule has 18 heavy (non-hydrogen) atoms. The minimum Gasteiger partial charge on any atom is -0.314 e. The second-order valence-corrected chi connectivity index (χ2v) is 7.21. The van der Waals surface area contributed by atoms with Crippen LogP contribution in [0.25, 0.3) is 0 Å². The molecular formula is C15H24N2S. The van der Waals surface area contributed by atoms with Gasteiger partial charge in [-0.3, -0.25) is 4.90 Å². The number of aryl methyl sites for hydroxylation is 2. The SMILES string of the molecule is Cc1ccc(SC(C)(C)N2CCNCC2)cc1C. The third-order valence-electron chi connectivity index (χ3n) is 3.72. The summed E-state index contributed by atoms with van der Waals surface area (Å²) in [4.78, 5) is 4.12. The van der Waals surface area contributed by atoms with Gasteiger partial charge in [-0.15, -0.1) is 11.8 Å². The third kappa shape index (κ3) is 3.28. The Morgan fingerprint density at radius 1 is 1.11 bits per heavy atom. The van der Waals surface area contributed by atoms with E-state index in [9.17, 15) is 0 Å². The number of rotatable bonds is 3. The summed E-state index contributed by atoms with van der Waals surface area (Å²) in [6.07, 6.45) is 0. The average molecular weight is 264 g/mol. The Kier molecular flexibility index (Phi) is 4.36. The van der Waals surface area contributed by atoms with E-state index in [1.54, 1.807) is 0 Å². The van der Waals surface area contributed by atoms with Crippen LogP contribution in [0.1, 0.15) is 25.0 Å². The summed E-state index contributed by atoms with van der Waals surface area (Å²) in [6.45, 7) is 13.5. The van der Waals surface area contributed by atoms with Crippen molar-refractivity contribution >= 4 is 11.8 Å². The first kappa shape index (κ1) is 13.9. The molecule has 0 radical (unpaired) electrons.